The number of fused-ring (bicyclic) bond motifs is 3. The minimum Gasteiger partial charge on any atom is -0.208 e. The van der Waals surface area contributed by atoms with E-state index >= 15 is 0 Å². The molecule has 0 saturated heterocycles. The van der Waals surface area contributed by atoms with E-state index in [2.05, 4.69) is 152 Å². The quantitative estimate of drug-likeness (QED) is 0.166. The second-order valence-corrected chi connectivity index (χ2v) is 14.0. The van der Waals surface area contributed by atoms with Crippen LogP contribution in [-0.4, -0.2) is 15.0 Å². The lowest BCUT2D eigenvalue weighted by atomic mass is 9.67. The standard InChI is InChI=1S/C52H35N3/c1-4-16-37(17-5-1)49-53-50(38-18-6-2-7-19-38)55-51(54-49)42-23-15-22-41(35-42)40-21-14-20-39(34-40)36-30-32-44(33-31-36)52(43-24-8-3-9-25-43)47-28-12-10-26-45(47)46-27-11-13-29-48(46)52/h1-35H. The second-order valence-electron chi connectivity index (χ2n) is 14.0. The number of hydrogen-bond donors (Lipinski definition) is 0. The molecule has 0 aliphatic heterocycles. The number of benzene rings is 8. The van der Waals surface area contributed by atoms with E-state index in [1.807, 2.05) is 60.7 Å². The minimum absolute atomic E-state index is 0.412. The molecule has 1 aliphatic carbocycles. The van der Waals surface area contributed by atoms with Crippen LogP contribution in [0.1, 0.15) is 22.3 Å². The average molecular weight is 702 g/mol. The fourth-order valence-electron chi connectivity index (χ4n) is 8.28. The number of rotatable bonds is 7. The van der Waals surface area contributed by atoms with Crippen molar-refractivity contribution in [1.29, 1.82) is 0 Å². The van der Waals surface area contributed by atoms with Crippen molar-refractivity contribution in [3.63, 3.8) is 0 Å². The lowest BCUT2D eigenvalue weighted by Gasteiger charge is -2.34. The van der Waals surface area contributed by atoms with E-state index < -0.39 is 5.41 Å². The van der Waals surface area contributed by atoms with E-state index in [0.717, 1.165) is 33.4 Å². The molecule has 9 aromatic rings. The highest BCUT2D eigenvalue weighted by Crippen LogP contribution is 2.56. The topological polar surface area (TPSA) is 38.7 Å². The Labute approximate surface area is 321 Å². The summed E-state index contributed by atoms with van der Waals surface area (Å²) in [5.74, 6) is 1.95. The monoisotopic (exact) mass is 701 g/mol. The summed E-state index contributed by atoms with van der Waals surface area (Å²) in [6, 6.07) is 75.4. The fourth-order valence-corrected chi connectivity index (χ4v) is 8.28. The summed E-state index contributed by atoms with van der Waals surface area (Å²) in [6.07, 6.45) is 0. The Balaban J connectivity index is 1.03. The summed E-state index contributed by atoms with van der Waals surface area (Å²) < 4.78 is 0. The van der Waals surface area contributed by atoms with Crippen molar-refractivity contribution in [2.24, 2.45) is 0 Å². The van der Waals surface area contributed by atoms with Gasteiger partial charge in [-0.1, -0.05) is 200 Å². The molecule has 0 radical (unpaired) electrons. The van der Waals surface area contributed by atoms with Gasteiger partial charge < -0.3 is 0 Å². The molecule has 10 rings (SSSR count). The van der Waals surface area contributed by atoms with Gasteiger partial charge in [-0.25, -0.2) is 15.0 Å². The molecule has 3 heteroatoms. The Morgan fingerprint density at radius 3 is 1.15 bits per heavy atom. The summed E-state index contributed by atoms with van der Waals surface area (Å²) in [5.41, 5.74) is 14.7. The number of hydrogen-bond acceptors (Lipinski definition) is 3. The zero-order valence-corrected chi connectivity index (χ0v) is 30.0. The van der Waals surface area contributed by atoms with E-state index in [1.165, 1.54) is 38.9 Å². The van der Waals surface area contributed by atoms with Crippen molar-refractivity contribution in [2.75, 3.05) is 0 Å². The summed E-state index contributed by atoms with van der Waals surface area (Å²) >= 11 is 0. The number of nitrogens with zero attached hydrogens (tertiary/aromatic N) is 3. The van der Waals surface area contributed by atoms with Gasteiger partial charge in [-0.05, 0) is 67.8 Å². The molecule has 0 N–H and O–H groups in total. The summed E-state index contributed by atoms with van der Waals surface area (Å²) in [5, 5.41) is 0. The normalized spacial score (nSPS) is 12.5. The molecular formula is C52H35N3. The van der Waals surface area contributed by atoms with Crippen molar-refractivity contribution >= 4 is 0 Å². The molecule has 3 nitrogen and oxygen atoms in total. The predicted octanol–water partition coefficient (Wildman–Crippen LogP) is 12.6. The largest absolute Gasteiger partial charge is 0.208 e. The third-order valence-corrected chi connectivity index (χ3v) is 10.8. The fraction of sp³-hybridized carbons (Fsp3) is 0.0192. The van der Waals surface area contributed by atoms with Gasteiger partial charge in [0.1, 0.15) is 0 Å². The van der Waals surface area contributed by atoms with Gasteiger partial charge in [0.05, 0.1) is 5.41 Å². The number of aromatic nitrogens is 3. The van der Waals surface area contributed by atoms with Crippen LogP contribution in [0.25, 0.3) is 67.5 Å². The van der Waals surface area contributed by atoms with Gasteiger partial charge in [0.15, 0.2) is 17.5 Å². The Hall–Kier alpha value is -7.23. The smallest absolute Gasteiger partial charge is 0.164 e. The molecule has 0 amide bonds. The molecule has 55 heavy (non-hydrogen) atoms. The molecule has 8 aromatic carbocycles. The van der Waals surface area contributed by atoms with E-state index in [4.69, 9.17) is 15.0 Å². The molecule has 258 valence electrons. The highest BCUT2D eigenvalue weighted by molar-refractivity contribution is 5.86. The van der Waals surface area contributed by atoms with Crippen LogP contribution in [0.3, 0.4) is 0 Å². The second kappa shape index (κ2) is 13.6. The molecule has 1 heterocycles. The first-order valence-corrected chi connectivity index (χ1v) is 18.7. The van der Waals surface area contributed by atoms with E-state index in [9.17, 15) is 0 Å². The molecular weight excluding hydrogens is 667 g/mol. The van der Waals surface area contributed by atoms with E-state index in [0.29, 0.717) is 17.5 Å². The van der Waals surface area contributed by atoms with Crippen LogP contribution in [0.4, 0.5) is 0 Å². The maximum absolute atomic E-state index is 4.97. The minimum atomic E-state index is -0.412. The molecule has 0 unspecified atom stereocenters. The SMILES string of the molecule is c1ccc(-c2nc(-c3ccccc3)nc(-c3cccc(-c4cccc(-c5ccc(C6(c7ccccc7)c7ccccc7-c7ccccc76)cc5)c4)c3)n2)cc1. The van der Waals surface area contributed by atoms with Crippen molar-refractivity contribution in [2.45, 2.75) is 5.41 Å². The van der Waals surface area contributed by atoms with Crippen LogP contribution >= 0.6 is 0 Å². The lowest BCUT2D eigenvalue weighted by Crippen LogP contribution is -2.28. The molecule has 1 aliphatic rings. The summed E-state index contributed by atoms with van der Waals surface area (Å²) in [6.45, 7) is 0. The first kappa shape index (κ1) is 32.4. The van der Waals surface area contributed by atoms with Gasteiger partial charge in [0.2, 0.25) is 0 Å². The van der Waals surface area contributed by atoms with E-state index in [-0.39, 0.29) is 0 Å². The van der Waals surface area contributed by atoms with Gasteiger partial charge in [-0.15, -0.1) is 0 Å². The Bertz CT molecular complexity index is 2690. The third-order valence-electron chi connectivity index (χ3n) is 10.8. The molecule has 0 bridgehead atoms. The van der Waals surface area contributed by atoms with Crippen LogP contribution in [0.2, 0.25) is 0 Å². The van der Waals surface area contributed by atoms with Gasteiger partial charge in [-0.3, -0.25) is 0 Å². The van der Waals surface area contributed by atoms with Crippen molar-refractivity contribution in [3.8, 4) is 67.5 Å². The molecule has 0 fully saturated rings. The zero-order chi connectivity index (χ0) is 36.6. The van der Waals surface area contributed by atoms with Crippen molar-refractivity contribution < 1.29 is 0 Å². The molecule has 0 atom stereocenters. The van der Waals surface area contributed by atoms with Crippen molar-refractivity contribution in [1.82, 2.24) is 15.0 Å². The van der Waals surface area contributed by atoms with Crippen molar-refractivity contribution in [3.05, 3.63) is 235 Å². The zero-order valence-electron chi connectivity index (χ0n) is 30.0. The first-order chi connectivity index (χ1) is 27.3. The summed E-state index contributed by atoms with van der Waals surface area (Å²) in [7, 11) is 0. The lowest BCUT2D eigenvalue weighted by molar-refractivity contribution is 0.768. The Kier molecular flexibility index (Phi) is 8.04. The van der Waals surface area contributed by atoms with Gasteiger partial charge in [0, 0.05) is 16.7 Å². The van der Waals surface area contributed by atoms with Gasteiger partial charge >= 0.3 is 0 Å². The third kappa shape index (κ3) is 5.65. The highest BCUT2D eigenvalue weighted by Gasteiger charge is 2.45. The van der Waals surface area contributed by atoms with Crippen LogP contribution in [-0.2, 0) is 5.41 Å². The maximum Gasteiger partial charge on any atom is 0.164 e. The first-order valence-electron chi connectivity index (χ1n) is 18.7. The molecule has 1 aromatic heterocycles. The summed E-state index contributed by atoms with van der Waals surface area (Å²) in [4.78, 5) is 14.8. The molecule has 0 spiro atoms. The van der Waals surface area contributed by atoms with E-state index in [1.54, 1.807) is 0 Å². The molecule has 0 saturated carbocycles. The van der Waals surface area contributed by atoms with Gasteiger partial charge in [-0.2, -0.15) is 0 Å². The van der Waals surface area contributed by atoms with Crippen LogP contribution < -0.4 is 0 Å². The van der Waals surface area contributed by atoms with Crippen LogP contribution in [0.15, 0.2) is 212 Å². The van der Waals surface area contributed by atoms with Gasteiger partial charge in [0.25, 0.3) is 0 Å². The predicted molar refractivity (Wildman–Crippen MR) is 224 cm³/mol. The Morgan fingerprint density at radius 1 is 0.255 bits per heavy atom. The average Bonchev–Trinajstić information content (AvgIpc) is 3.58. The highest BCUT2D eigenvalue weighted by atomic mass is 15.0. The Morgan fingerprint density at radius 2 is 0.618 bits per heavy atom. The maximum atomic E-state index is 4.97. The van der Waals surface area contributed by atoms with Crippen LogP contribution in [0, 0.1) is 0 Å². The van der Waals surface area contributed by atoms with Crippen LogP contribution in [0.5, 0.6) is 0 Å².